The molecule has 0 unspecified atom stereocenters. The number of hydrogen-bond acceptors (Lipinski definition) is 4. The lowest BCUT2D eigenvalue weighted by molar-refractivity contribution is -0.147. The fourth-order valence-corrected chi connectivity index (χ4v) is 2.76. The fourth-order valence-electron chi connectivity index (χ4n) is 2.22. The van der Waals surface area contributed by atoms with Crippen LogP contribution in [0.1, 0.15) is 25.7 Å². The smallest absolute Gasteiger partial charge is 0.307 e. The number of nitrogens with one attached hydrogen (secondary N) is 1. The standard InChI is InChI=1S/C11H14N2O3S/c14-9(13-11-12-5-6-17-11)7-3-1-2-4-8(7)10(15)16/h5-8H,1-4H2,(H,15,16)(H,12,13,14)/t7-,8-/m0/s1. The maximum Gasteiger partial charge on any atom is 0.307 e. The van der Waals surface area contributed by atoms with Gasteiger partial charge in [0.15, 0.2) is 5.13 Å². The summed E-state index contributed by atoms with van der Waals surface area (Å²) in [5.74, 6) is -2.06. The Morgan fingerprint density at radius 1 is 1.35 bits per heavy atom. The summed E-state index contributed by atoms with van der Waals surface area (Å²) in [7, 11) is 0. The van der Waals surface area contributed by atoms with Crippen molar-refractivity contribution in [2.75, 3.05) is 5.32 Å². The van der Waals surface area contributed by atoms with Gasteiger partial charge in [0.05, 0.1) is 11.8 Å². The van der Waals surface area contributed by atoms with Gasteiger partial charge in [-0.3, -0.25) is 9.59 Å². The maximum absolute atomic E-state index is 12.0. The lowest BCUT2D eigenvalue weighted by Crippen LogP contribution is -2.36. The average molecular weight is 254 g/mol. The lowest BCUT2D eigenvalue weighted by atomic mass is 9.79. The van der Waals surface area contributed by atoms with Gasteiger partial charge >= 0.3 is 5.97 Å². The number of amides is 1. The van der Waals surface area contributed by atoms with E-state index < -0.39 is 17.8 Å². The number of carbonyl (C=O) groups excluding carboxylic acids is 1. The van der Waals surface area contributed by atoms with Crippen molar-refractivity contribution in [3.8, 4) is 0 Å². The third-order valence-corrected chi connectivity index (χ3v) is 3.77. The van der Waals surface area contributed by atoms with E-state index in [9.17, 15) is 9.59 Å². The largest absolute Gasteiger partial charge is 0.481 e. The van der Waals surface area contributed by atoms with Crippen LogP contribution in [0.3, 0.4) is 0 Å². The molecular formula is C11H14N2O3S. The molecule has 1 aliphatic rings. The van der Waals surface area contributed by atoms with E-state index in [4.69, 9.17) is 5.11 Å². The number of thiazole rings is 1. The molecule has 1 amide bonds. The molecule has 2 N–H and O–H groups in total. The van der Waals surface area contributed by atoms with Crippen molar-refractivity contribution in [1.82, 2.24) is 4.98 Å². The predicted molar refractivity (Wildman–Crippen MR) is 63.8 cm³/mol. The highest BCUT2D eigenvalue weighted by Crippen LogP contribution is 2.31. The number of hydrogen-bond donors (Lipinski definition) is 2. The van der Waals surface area contributed by atoms with Crippen LogP contribution < -0.4 is 5.32 Å². The topological polar surface area (TPSA) is 79.3 Å². The van der Waals surface area contributed by atoms with Gasteiger partial charge in [-0.15, -0.1) is 11.3 Å². The van der Waals surface area contributed by atoms with E-state index >= 15 is 0 Å². The number of anilines is 1. The Balaban J connectivity index is 2.03. The summed E-state index contributed by atoms with van der Waals surface area (Å²) < 4.78 is 0. The van der Waals surface area contributed by atoms with E-state index in [1.165, 1.54) is 11.3 Å². The number of carboxylic acids is 1. The zero-order chi connectivity index (χ0) is 12.3. The third-order valence-electron chi connectivity index (χ3n) is 3.08. The summed E-state index contributed by atoms with van der Waals surface area (Å²) in [6.45, 7) is 0. The zero-order valence-electron chi connectivity index (χ0n) is 9.26. The van der Waals surface area contributed by atoms with Crippen LogP contribution in [0, 0.1) is 11.8 Å². The minimum absolute atomic E-state index is 0.216. The monoisotopic (exact) mass is 254 g/mol. The molecule has 17 heavy (non-hydrogen) atoms. The van der Waals surface area contributed by atoms with Gasteiger partial charge in [0, 0.05) is 11.6 Å². The molecule has 0 bridgehead atoms. The Hall–Kier alpha value is -1.43. The number of carbonyl (C=O) groups is 2. The molecule has 2 rings (SSSR count). The maximum atomic E-state index is 12.0. The Morgan fingerprint density at radius 2 is 2.06 bits per heavy atom. The first kappa shape index (κ1) is 12.0. The van der Waals surface area contributed by atoms with Gasteiger partial charge < -0.3 is 10.4 Å². The molecule has 1 fully saturated rings. The van der Waals surface area contributed by atoms with Crippen LogP contribution in [-0.4, -0.2) is 22.0 Å². The first-order chi connectivity index (χ1) is 8.18. The van der Waals surface area contributed by atoms with E-state index in [1.54, 1.807) is 11.6 Å². The third kappa shape index (κ3) is 2.82. The first-order valence-electron chi connectivity index (χ1n) is 5.61. The second-order valence-corrected chi connectivity index (χ2v) is 5.06. The Bertz CT molecular complexity index is 405. The summed E-state index contributed by atoms with van der Waals surface area (Å²) in [6.07, 6.45) is 4.65. The minimum atomic E-state index is -0.871. The van der Waals surface area contributed by atoms with E-state index in [2.05, 4.69) is 10.3 Å². The molecule has 6 heteroatoms. The molecule has 1 saturated carbocycles. The van der Waals surface area contributed by atoms with E-state index in [0.29, 0.717) is 18.0 Å². The van der Waals surface area contributed by atoms with Crippen molar-refractivity contribution >= 4 is 28.3 Å². The molecule has 0 aromatic carbocycles. The van der Waals surface area contributed by atoms with Gasteiger partial charge in [-0.2, -0.15) is 0 Å². The molecule has 5 nitrogen and oxygen atoms in total. The highest BCUT2D eigenvalue weighted by molar-refractivity contribution is 7.13. The molecule has 1 aliphatic carbocycles. The van der Waals surface area contributed by atoms with Gasteiger partial charge in [-0.1, -0.05) is 12.8 Å². The van der Waals surface area contributed by atoms with Gasteiger partial charge in [-0.05, 0) is 12.8 Å². The average Bonchev–Trinajstić information content (AvgIpc) is 2.81. The van der Waals surface area contributed by atoms with Crippen molar-refractivity contribution < 1.29 is 14.7 Å². The van der Waals surface area contributed by atoms with Gasteiger partial charge in [-0.25, -0.2) is 4.98 Å². The lowest BCUT2D eigenvalue weighted by Gasteiger charge is -2.26. The highest BCUT2D eigenvalue weighted by atomic mass is 32.1. The predicted octanol–water partition coefficient (Wildman–Crippen LogP) is 1.97. The Labute approximate surface area is 103 Å². The molecule has 1 aromatic heterocycles. The Morgan fingerprint density at radius 3 is 2.65 bits per heavy atom. The van der Waals surface area contributed by atoms with E-state index in [0.717, 1.165) is 12.8 Å². The van der Waals surface area contributed by atoms with E-state index in [1.807, 2.05) is 0 Å². The molecule has 0 saturated heterocycles. The number of nitrogens with zero attached hydrogens (tertiary/aromatic N) is 1. The van der Waals surface area contributed by atoms with Crippen LogP contribution in [-0.2, 0) is 9.59 Å². The zero-order valence-corrected chi connectivity index (χ0v) is 10.1. The molecule has 92 valence electrons. The summed E-state index contributed by atoms with van der Waals surface area (Å²) in [5.41, 5.74) is 0. The molecule has 2 atom stereocenters. The van der Waals surface area contributed by atoms with Crippen LogP contribution in [0.25, 0.3) is 0 Å². The van der Waals surface area contributed by atoms with E-state index in [-0.39, 0.29) is 5.91 Å². The van der Waals surface area contributed by atoms with Crippen molar-refractivity contribution in [3.63, 3.8) is 0 Å². The summed E-state index contributed by atoms with van der Waals surface area (Å²) in [5, 5.41) is 14.1. The Kier molecular flexibility index (Phi) is 3.73. The summed E-state index contributed by atoms with van der Waals surface area (Å²) >= 11 is 1.33. The number of aliphatic carboxylic acids is 1. The number of carboxylic acid groups (broad SMARTS) is 1. The van der Waals surface area contributed by atoms with Gasteiger partial charge in [0.25, 0.3) is 0 Å². The second kappa shape index (κ2) is 5.27. The van der Waals surface area contributed by atoms with Gasteiger partial charge in [0.2, 0.25) is 5.91 Å². The van der Waals surface area contributed by atoms with Crippen LogP contribution in [0.5, 0.6) is 0 Å². The van der Waals surface area contributed by atoms with Gasteiger partial charge in [0.1, 0.15) is 0 Å². The molecule has 0 radical (unpaired) electrons. The minimum Gasteiger partial charge on any atom is -0.481 e. The van der Waals surface area contributed by atoms with Crippen molar-refractivity contribution in [3.05, 3.63) is 11.6 Å². The molecule has 1 heterocycles. The number of rotatable bonds is 3. The fraction of sp³-hybridized carbons (Fsp3) is 0.545. The quantitative estimate of drug-likeness (QED) is 0.864. The SMILES string of the molecule is O=C(O)[C@H]1CCCC[C@@H]1C(=O)Nc1nccs1. The molecule has 0 aliphatic heterocycles. The summed E-state index contributed by atoms with van der Waals surface area (Å²) in [4.78, 5) is 27.0. The normalized spacial score (nSPS) is 24.2. The van der Waals surface area contributed by atoms with Crippen molar-refractivity contribution in [2.24, 2.45) is 11.8 Å². The van der Waals surface area contributed by atoms with Crippen molar-refractivity contribution in [2.45, 2.75) is 25.7 Å². The van der Waals surface area contributed by atoms with Crippen LogP contribution in [0.4, 0.5) is 5.13 Å². The number of aromatic nitrogens is 1. The van der Waals surface area contributed by atoms with Crippen LogP contribution in [0.15, 0.2) is 11.6 Å². The highest BCUT2D eigenvalue weighted by Gasteiger charge is 2.35. The van der Waals surface area contributed by atoms with Crippen LogP contribution in [0.2, 0.25) is 0 Å². The summed E-state index contributed by atoms with van der Waals surface area (Å²) in [6, 6.07) is 0. The molecule has 1 aromatic rings. The molecular weight excluding hydrogens is 240 g/mol. The molecule has 0 spiro atoms. The van der Waals surface area contributed by atoms with Crippen LogP contribution >= 0.6 is 11.3 Å². The second-order valence-electron chi connectivity index (χ2n) is 4.16. The first-order valence-corrected chi connectivity index (χ1v) is 6.49. The van der Waals surface area contributed by atoms with Crippen molar-refractivity contribution in [1.29, 1.82) is 0 Å².